The summed E-state index contributed by atoms with van der Waals surface area (Å²) in [6.07, 6.45) is 0. The standard InChI is InChI=1S/C38H28P2/c1-4-16-30(17-5-1)39-35-26-24-28-14-10-12-22-33(28)37(35)38-34-23-13-11-15-29(34)25-27-36(38)40(31-18-6-2-7-19-31)32-20-8-3-9-21-32/h1-27,39H. The van der Waals surface area contributed by atoms with Crippen LogP contribution < -0.4 is 26.5 Å². The molecule has 40 heavy (non-hydrogen) atoms. The van der Waals surface area contributed by atoms with E-state index in [0.717, 1.165) is 0 Å². The minimum atomic E-state index is -0.788. The summed E-state index contributed by atoms with van der Waals surface area (Å²) in [5, 5.41) is 12.1. The van der Waals surface area contributed by atoms with E-state index in [1.165, 1.54) is 59.2 Å². The van der Waals surface area contributed by atoms with Gasteiger partial charge >= 0.3 is 0 Å². The van der Waals surface area contributed by atoms with Crippen LogP contribution in [0.15, 0.2) is 164 Å². The summed E-state index contributed by atoms with van der Waals surface area (Å²) in [4.78, 5) is 0. The van der Waals surface area contributed by atoms with Crippen LogP contribution in [0.2, 0.25) is 0 Å². The smallest absolute Gasteiger partial charge is 0.000905 e. The van der Waals surface area contributed by atoms with E-state index in [4.69, 9.17) is 0 Å². The van der Waals surface area contributed by atoms with E-state index >= 15 is 0 Å². The van der Waals surface area contributed by atoms with Gasteiger partial charge < -0.3 is 0 Å². The fourth-order valence-electron chi connectivity index (χ4n) is 5.61. The maximum Gasteiger partial charge on any atom is -0.000905 e. The summed E-state index contributed by atoms with van der Waals surface area (Å²) < 4.78 is 0. The highest BCUT2D eigenvalue weighted by Gasteiger charge is 2.24. The lowest BCUT2D eigenvalue weighted by Crippen LogP contribution is -2.23. The third kappa shape index (κ3) is 4.76. The maximum atomic E-state index is 2.40. The van der Waals surface area contributed by atoms with Crippen LogP contribution in [0.3, 0.4) is 0 Å². The van der Waals surface area contributed by atoms with E-state index in [1.807, 2.05) is 0 Å². The third-order valence-electron chi connectivity index (χ3n) is 7.41. The molecular weight excluding hydrogens is 518 g/mol. The average molecular weight is 547 g/mol. The van der Waals surface area contributed by atoms with E-state index in [-0.39, 0.29) is 0 Å². The second kappa shape index (κ2) is 11.2. The molecule has 0 aromatic heterocycles. The first-order valence-electron chi connectivity index (χ1n) is 13.6. The van der Waals surface area contributed by atoms with Crippen molar-refractivity contribution in [1.82, 2.24) is 0 Å². The zero-order valence-corrected chi connectivity index (χ0v) is 23.9. The summed E-state index contributed by atoms with van der Waals surface area (Å²) in [6, 6.07) is 60.2. The summed E-state index contributed by atoms with van der Waals surface area (Å²) >= 11 is 0. The van der Waals surface area contributed by atoms with Crippen LogP contribution in [0.1, 0.15) is 0 Å². The van der Waals surface area contributed by atoms with Crippen molar-refractivity contribution >= 4 is 64.6 Å². The summed E-state index contributed by atoms with van der Waals surface area (Å²) in [6.45, 7) is 0. The Morgan fingerprint density at radius 1 is 0.375 bits per heavy atom. The number of fused-ring (bicyclic) bond motifs is 2. The molecule has 0 aliphatic rings. The van der Waals surface area contributed by atoms with E-state index in [0.29, 0.717) is 8.58 Å². The number of hydrogen-bond donors (Lipinski definition) is 0. The largest absolute Gasteiger partial charge is 0.0622 e. The molecule has 7 aromatic carbocycles. The van der Waals surface area contributed by atoms with Crippen LogP contribution >= 0.6 is 16.5 Å². The SMILES string of the molecule is c1ccc(Pc2ccc3ccccc3c2-c2c(P(c3ccccc3)c3ccccc3)ccc3ccccc23)cc1. The molecule has 0 fully saturated rings. The first-order chi connectivity index (χ1) is 19.9. The van der Waals surface area contributed by atoms with Gasteiger partial charge in [0.2, 0.25) is 0 Å². The summed E-state index contributed by atoms with van der Waals surface area (Å²) in [7, 11) is -0.222. The van der Waals surface area contributed by atoms with Crippen LogP contribution in [0.25, 0.3) is 32.7 Å². The molecule has 0 bridgehead atoms. The first kappa shape index (κ1) is 24.9. The van der Waals surface area contributed by atoms with Crippen molar-refractivity contribution in [3.05, 3.63) is 164 Å². The fraction of sp³-hybridized carbons (Fsp3) is 0. The molecule has 0 nitrogen and oxygen atoms in total. The number of benzene rings is 7. The Morgan fingerprint density at radius 2 is 0.850 bits per heavy atom. The van der Waals surface area contributed by atoms with Crippen LogP contribution in [0, 0.1) is 0 Å². The minimum absolute atomic E-state index is 0.566. The van der Waals surface area contributed by atoms with E-state index in [2.05, 4.69) is 164 Å². The predicted molar refractivity (Wildman–Crippen MR) is 180 cm³/mol. The quantitative estimate of drug-likeness (QED) is 0.185. The monoisotopic (exact) mass is 546 g/mol. The van der Waals surface area contributed by atoms with Gasteiger partial charge in [-0.2, -0.15) is 0 Å². The molecule has 0 radical (unpaired) electrons. The first-order valence-corrected chi connectivity index (χ1v) is 16.0. The minimum Gasteiger partial charge on any atom is -0.0622 e. The molecule has 0 saturated heterocycles. The molecule has 7 aromatic rings. The van der Waals surface area contributed by atoms with Gasteiger partial charge in [-0.3, -0.25) is 0 Å². The molecule has 7 rings (SSSR count). The van der Waals surface area contributed by atoms with E-state index in [9.17, 15) is 0 Å². The Bertz CT molecular complexity index is 1870. The highest BCUT2D eigenvalue weighted by molar-refractivity contribution is 7.80. The van der Waals surface area contributed by atoms with Crippen LogP contribution in [-0.4, -0.2) is 0 Å². The predicted octanol–water partition coefficient (Wildman–Crippen LogP) is 8.05. The molecule has 0 N–H and O–H groups in total. The highest BCUT2D eigenvalue weighted by atomic mass is 31.1. The molecule has 0 spiro atoms. The van der Waals surface area contributed by atoms with Gasteiger partial charge in [0.25, 0.3) is 0 Å². The van der Waals surface area contributed by atoms with E-state index in [1.54, 1.807) is 0 Å². The lowest BCUT2D eigenvalue weighted by atomic mass is 9.93. The second-order valence-corrected chi connectivity index (χ2v) is 13.4. The Balaban J connectivity index is 1.59. The molecule has 0 heterocycles. The maximum absolute atomic E-state index is 2.40. The van der Waals surface area contributed by atoms with Gasteiger partial charge in [0.05, 0.1) is 0 Å². The van der Waals surface area contributed by atoms with Gasteiger partial charge in [-0.05, 0) is 67.1 Å². The zero-order valence-electron chi connectivity index (χ0n) is 22.0. The van der Waals surface area contributed by atoms with Crippen molar-refractivity contribution in [3.63, 3.8) is 0 Å². The Hall–Kier alpha value is -4.08. The normalized spacial score (nSPS) is 11.6. The molecule has 1 unspecified atom stereocenters. The van der Waals surface area contributed by atoms with E-state index < -0.39 is 7.92 Å². The van der Waals surface area contributed by atoms with Crippen LogP contribution in [0.5, 0.6) is 0 Å². The average Bonchev–Trinajstić information content (AvgIpc) is 3.03. The van der Waals surface area contributed by atoms with Crippen molar-refractivity contribution in [1.29, 1.82) is 0 Å². The highest BCUT2D eigenvalue weighted by Crippen LogP contribution is 2.42. The Labute approximate surface area is 238 Å². The second-order valence-electron chi connectivity index (χ2n) is 9.89. The Kier molecular flexibility index (Phi) is 6.97. The van der Waals surface area contributed by atoms with Crippen LogP contribution in [0.4, 0.5) is 0 Å². The van der Waals surface area contributed by atoms with Crippen molar-refractivity contribution in [2.24, 2.45) is 0 Å². The van der Waals surface area contributed by atoms with Gasteiger partial charge in [-0.1, -0.05) is 172 Å². The molecule has 0 amide bonds. The van der Waals surface area contributed by atoms with Gasteiger partial charge in [0, 0.05) is 0 Å². The lowest BCUT2D eigenvalue weighted by Gasteiger charge is -2.26. The molecular formula is C38H28P2. The molecule has 0 aliphatic heterocycles. The Morgan fingerprint density at radius 3 is 1.45 bits per heavy atom. The van der Waals surface area contributed by atoms with Crippen molar-refractivity contribution in [2.75, 3.05) is 0 Å². The number of hydrogen-bond acceptors (Lipinski definition) is 0. The molecule has 190 valence electrons. The zero-order chi connectivity index (χ0) is 26.7. The van der Waals surface area contributed by atoms with Crippen molar-refractivity contribution in [3.8, 4) is 11.1 Å². The number of rotatable bonds is 6. The van der Waals surface area contributed by atoms with Gasteiger partial charge in [-0.25, -0.2) is 0 Å². The molecule has 2 heteroatoms. The summed E-state index contributed by atoms with van der Waals surface area (Å²) in [5.74, 6) is 0. The third-order valence-corrected chi connectivity index (χ3v) is 11.2. The molecule has 1 atom stereocenters. The van der Waals surface area contributed by atoms with Crippen molar-refractivity contribution in [2.45, 2.75) is 0 Å². The molecule has 0 aliphatic carbocycles. The van der Waals surface area contributed by atoms with Crippen molar-refractivity contribution < 1.29 is 0 Å². The summed E-state index contributed by atoms with van der Waals surface area (Å²) in [5.41, 5.74) is 2.73. The van der Waals surface area contributed by atoms with Crippen LogP contribution in [-0.2, 0) is 0 Å². The van der Waals surface area contributed by atoms with Gasteiger partial charge in [0.1, 0.15) is 0 Å². The lowest BCUT2D eigenvalue weighted by molar-refractivity contribution is 1.72. The van der Waals surface area contributed by atoms with Gasteiger partial charge in [0.15, 0.2) is 0 Å². The topological polar surface area (TPSA) is 0 Å². The fourth-order valence-corrected chi connectivity index (χ4v) is 9.31. The molecule has 0 saturated carbocycles. The van der Waals surface area contributed by atoms with Gasteiger partial charge in [-0.15, -0.1) is 0 Å².